The number of rotatable bonds is 7. The van der Waals surface area contributed by atoms with Crippen LogP contribution in [0, 0.1) is 5.82 Å². The van der Waals surface area contributed by atoms with Gasteiger partial charge in [-0.05, 0) is 85.7 Å². The average Bonchev–Trinajstić information content (AvgIpc) is 2.92. The van der Waals surface area contributed by atoms with E-state index in [1.807, 2.05) is 18.2 Å². The van der Waals surface area contributed by atoms with Crippen LogP contribution in [-0.2, 0) is 11.3 Å². The van der Waals surface area contributed by atoms with Crippen LogP contribution in [-0.4, -0.2) is 18.4 Å². The van der Waals surface area contributed by atoms with Gasteiger partial charge in [-0.1, -0.05) is 48.0 Å². The molecule has 0 spiro atoms. The van der Waals surface area contributed by atoms with Crippen LogP contribution < -0.4 is 15.0 Å². The molecule has 0 fully saturated rings. The van der Waals surface area contributed by atoms with Gasteiger partial charge in [0.25, 0.3) is 11.8 Å². The van der Waals surface area contributed by atoms with E-state index in [0.29, 0.717) is 29.1 Å². The molecule has 188 valence electrons. The maximum Gasteiger partial charge on any atom is 0.294 e. The molecule has 0 saturated carbocycles. The van der Waals surface area contributed by atoms with Crippen LogP contribution in [0.4, 0.5) is 10.1 Å². The van der Waals surface area contributed by atoms with Gasteiger partial charge in [0.1, 0.15) is 5.82 Å². The molecule has 0 unspecified atom stereocenters. The van der Waals surface area contributed by atoms with Gasteiger partial charge in [0.05, 0.1) is 12.2 Å². The van der Waals surface area contributed by atoms with Crippen molar-refractivity contribution in [3.8, 4) is 5.75 Å². The number of nitrogens with one attached hydrogen (secondary N) is 1. The zero-order valence-corrected chi connectivity index (χ0v) is 20.6. The molecule has 0 radical (unpaired) electrons. The maximum absolute atomic E-state index is 13.8. The molecule has 0 aromatic heterocycles. The molecule has 5 nitrogen and oxygen atoms in total. The van der Waals surface area contributed by atoms with Gasteiger partial charge in [0.2, 0.25) is 0 Å². The summed E-state index contributed by atoms with van der Waals surface area (Å²) >= 11 is 0. The molecule has 0 bridgehead atoms. The second-order valence-electron chi connectivity index (χ2n) is 9.34. The monoisotopic (exact) mass is 496 g/mol. The molecule has 2 aliphatic rings. The molecule has 1 N–H and O–H groups in total. The van der Waals surface area contributed by atoms with E-state index in [-0.39, 0.29) is 29.9 Å². The molecule has 1 aliphatic heterocycles. The summed E-state index contributed by atoms with van der Waals surface area (Å²) in [6.45, 7) is 0.837. The second kappa shape index (κ2) is 11.2. The number of nitrogens with zero attached hydrogens (tertiary/aromatic N) is 1. The fourth-order valence-electron chi connectivity index (χ4n) is 4.69. The number of anilines is 1. The first-order valence-electron chi connectivity index (χ1n) is 12.7. The van der Waals surface area contributed by atoms with E-state index in [9.17, 15) is 14.0 Å². The topological polar surface area (TPSA) is 58.6 Å². The largest absolute Gasteiger partial charge is 0.449 e. The van der Waals surface area contributed by atoms with Gasteiger partial charge in [-0.2, -0.15) is 0 Å². The highest BCUT2D eigenvalue weighted by Crippen LogP contribution is 2.36. The lowest BCUT2D eigenvalue weighted by atomic mass is 9.97. The fourth-order valence-corrected chi connectivity index (χ4v) is 4.69. The van der Waals surface area contributed by atoms with Gasteiger partial charge in [-0.15, -0.1) is 0 Å². The van der Waals surface area contributed by atoms with Crippen LogP contribution in [0.1, 0.15) is 53.6 Å². The quantitative estimate of drug-likeness (QED) is 0.304. The number of fused-ring (bicyclic) bond motifs is 1. The molecule has 1 aliphatic carbocycles. The first-order valence-corrected chi connectivity index (χ1v) is 12.7. The normalized spacial score (nSPS) is 16.1. The zero-order valence-electron chi connectivity index (χ0n) is 20.6. The van der Waals surface area contributed by atoms with Crippen LogP contribution in [0.15, 0.2) is 90.2 Å². The third-order valence-corrected chi connectivity index (χ3v) is 6.65. The molecule has 1 heterocycles. The van der Waals surface area contributed by atoms with Crippen molar-refractivity contribution in [2.45, 2.75) is 38.6 Å². The minimum atomic E-state index is -0.350. The summed E-state index contributed by atoms with van der Waals surface area (Å²) in [5.74, 6) is -0.0723. The Morgan fingerprint density at radius 2 is 1.86 bits per heavy atom. The number of hydrogen-bond acceptors (Lipinski definition) is 3. The third kappa shape index (κ3) is 5.97. The van der Waals surface area contributed by atoms with Crippen molar-refractivity contribution < 1.29 is 18.7 Å². The maximum atomic E-state index is 13.8. The number of ether oxygens (including phenoxy) is 1. The number of hydrogen-bond donors (Lipinski definition) is 1. The molecule has 3 aromatic carbocycles. The van der Waals surface area contributed by atoms with Crippen molar-refractivity contribution in [1.29, 1.82) is 0 Å². The predicted molar refractivity (Wildman–Crippen MR) is 143 cm³/mol. The van der Waals surface area contributed by atoms with E-state index < -0.39 is 0 Å². The van der Waals surface area contributed by atoms with E-state index in [1.165, 1.54) is 30.5 Å². The SMILES string of the molecule is O=C(NCCC1=CCCCC1)c1ccc(/C=C2\Oc3ccccc3N(Cc3cccc(F)c3)C2=O)cc1. The van der Waals surface area contributed by atoms with E-state index in [2.05, 4.69) is 11.4 Å². The Hall–Kier alpha value is -4.19. The highest BCUT2D eigenvalue weighted by Gasteiger charge is 2.30. The van der Waals surface area contributed by atoms with Crippen molar-refractivity contribution in [3.05, 3.63) is 113 Å². The van der Waals surface area contributed by atoms with Crippen molar-refractivity contribution in [1.82, 2.24) is 5.32 Å². The Morgan fingerprint density at radius 1 is 1.03 bits per heavy atom. The Kier molecular flexibility index (Phi) is 7.45. The molecule has 3 aromatic rings. The fraction of sp³-hybridized carbons (Fsp3) is 0.226. The molecule has 5 rings (SSSR count). The summed E-state index contributed by atoms with van der Waals surface area (Å²) in [4.78, 5) is 27.5. The number of halogens is 1. The number of benzene rings is 3. The standard InChI is InChI=1S/C31H29FN2O3/c32-26-10-6-9-24(19-26)21-34-27-11-4-5-12-28(27)37-29(31(34)36)20-23-13-15-25(16-14-23)30(35)33-18-17-22-7-2-1-3-8-22/h4-7,9-16,19-20H,1-3,8,17-18,21H2,(H,33,35)/b29-20-. The molecule has 0 saturated heterocycles. The van der Waals surface area contributed by atoms with Crippen molar-refractivity contribution in [2.24, 2.45) is 0 Å². The van der Waals surface area contributed by atoms with E-state index in [4.69, 9.17) is 4.74 Å². The van der Waals surface area contributed by atoms with Crippen molar-refractivity contribution in [2.75, 3.05) is 11.4 Å². The highest BCUT2D eigenvalue weighted by atomic mass is 19.1. The van der Waals surface area contributed by atoms with Crippen LogP contribution >= 0.6 is 0 Å². The minimum absolute atomic E-state index is 0.115. The highest BCUT2D eigenvalue weighted by molar-refractivity contribution is 6.09. The van der Waals surface area contributed by atoms with Crippen molar-refractivity contribution in [3.63, 3.8) is 0 Å². The third-order valence-electron chi connectivity index (χ3n) is 6.65. The van der Waals surface area contributed by atoms with Gasteiger partial charge < -0.3 is 10.1 Å². The van der Waals surface area contributed by atoms with Crippen molar-refractivity contribution >= 4 is 23.6 Å². The second-order valence-corrected chi connectivity index (χ2v) is 9.34. The summed E-state index contributed by atoms with van der Waals surface area (Å²) in [6, 6.07) is 20.6. The van der Waals surface area contributed by atoms with E-state index in [0.717, 1.165) is 24.8 Å². The summed E-state index contributed by atoms with van der Waals surface area (Å²) in [5, 5.41) is 2.99. The predicted octanol–water partition coefficient (Wildman–Crippen LogP) is 6.41. The summed E-state index contributed by atoms with van der Waals surface area (Å²) < 4.78 is 19.7. The van der Waals surface area contributed by atoms with Gasteiger partial charge in [-0.3, -0.25) is 14.5 Å². The van der Waals surface area contributed by atoms with Crippen LogP contribution in [0.25, 0.3) is 6.08 Å². The molecule has 37 heavy (non-hydrogen) atoms. The minimum Gasteiger partial charge on any atom is -0.449 e. The lowest BCUT2D eigenvalue weighted by molar-refractivity contribution is -0.117. The Labute approximate surface area is 216 Å². The lowest BCUT2D eigenvalue weighted by Gasteiger charge is -2.30. The Bertz CT molecular complexity index is 1360. The average molecular weight is 497 g/mol. The number of carbonyl (C=O) groups is 2. The summed E-state index contributed by atoms with van der Waals surface area (Å²) in [6.07, 6.45) is 9.61. The zero-order chi connectivity index (χ0) is 25.6. The Balaban J connectivity index is 1.29. The number of amides is 2. The van der Waals surface area contributed by atoms with E-state index in [1.54, 1.807) is 53.4 Å². The lowest BCUT2D eigenvalue weighted by Crippen LogP contribution is -2.36. The van der Waals surface area contributed by atoms with Crippen LogP contribution in [0.5, 0.6) is 5.75 Å². The van der Waals surface area contributed by atoms with E-state index >= 15 is 0 Å². The van der Waals surface area contributed by atoms with Gasteiger partial charge in [0.15, 0.2) is 11.5 Å². The summed E-state index contributed by atoms with van der Waals surface area (Å²) in [5.41, 5.74) is 4.04. The molecular formula is C31H29FN2O3. The van der Waals surface area contributed by atoms with Gasteiger partial charge in [-0.25, -0.2) is 4.39 Å². The molecular weight excluding hydrogens is 467 g/mol. The van der Waals surface area contributed by atoms with Gasteiger partial charge in [0, 0.05) is 12.1 Å². The first-order chi connectivity index (χ1) is 18.1. The molecule has 6 heteroatoms. The summed E-state index contributed by atoms with van der Waals surface area (Å²) in [7, 11) is 0. The number of allylic oxidation sites excluding steroid dienone is 1. The van der Waals surface area contributed by atoms with Crippen LogP contribution in [0.3, 0.4) is 0 Å². The number of carbonyl (C=O) groups excluding carboxylic acids is 2. The number of para-hydroxylation sites is 2. The van der Waals surface area contributed by atoms with Crippen LogP contribution in [0.2, 0.25) is 0 Å². The first kappa shape index (κ1) is 24.5. The van der Waals surface area contributed by atoms with Gasteiger partial charge >= 0.3 is 0 Å². The molecule has 0 atom stereocenters. The Morgan fingerprint density at radius 3 is 2.65 bits per heavy atom. The molecule has 2 amide bonds. The smallest absolute Gasteiger partial charge is 0.294 e.